The lowest BCUT2D eigenvalue weighted by atomic mass is 10.2. The Labute approximate surface area is 119 Å². The van der Waals surface area contributed by atoms with Crippen molar-refractivity contribution in [1.82, 2.24) is 15.5 Å². The fourth-order valence-corrected chi connectivity index (χ4v) is 2.32. The van der Waals surface area contributed by atoms with Crippen molar-refractivity contribution < 1.29 is 9.53 Å². The van der Waals surface area contributed by atoms with Crippen LogP contribution in [0.3, 0.4) is 0 Å². The standard InChI is InChI=1S/C14H22N4O2/c1-20-10-4-9-15-14(19)12-7-8-13(18-17-12)16-11-5-2-3-6-11/h7-8,11H,2-6,9-10H2,1H3,(H,15,19)(H,16,18). The van der Waals surface area contributed by atoms with Gasteiger partial charge < -0.3 is 15.4 Å². The molecule has 0 spiro atoms. The molecule has 1 aromatic rings. The van der Waals surface area contributed by atoms with Crippen LogP contribution in [0.2, 0.25) is 0 Å². The number of carbonyl (C=O) groups excluding carboxylic acids is 1. The Bertz CT molecular complexity index is 416. The summed E-state index contributed by atoms with van der Waals surface area (Å²) in [6.07, 6.45) is 5.70. The van der Waals surface area contributed by atoms with Gasteiger partial charge in [-0.2, -0.15) is 0 Å². The molecule has 1 aliphatic rings. The van der Waals surface area contributed by atoms with Crippen LogP contribution in [0.5, 0.6) is 0 Å². The van der Waals surface area contributed by atoms with E-state index in [0.717, 1.165) is 12.2 Å². The number of rotatable bonds is 7. The quantitative estimate of drug-likeness (QED) is 0.741. The Morgan fingerprint density at radius 2 is 2.15 bits per heavy atom. The van der Waals surface area contributed by atoms with Crippen molar-refractivity contribution in [3.05, 3.63) is 17.8 Å². The molecule has 6 nitrogen and oxygen atoms in total. The number of aromatic nitrogens is 2. The number of nitrogens with one attached hydrogen (secondary N) is 2. The van der Waals surface area contributed by atoms with E-state index in [9.17, 15) is 4.79 Å². The highest BCUT2D eigenvalue weighted by Crippen LogP contribution is 2.20. The van der Waals surface area contributed by atoms with Gasteiger partial charge in [-0.3, -0.25) is 4.79 Å². The van der Waals surface area contributed by atoms with Crippen molar-refractivity contribution in [2.24, 2.45) is 0 Å². The van der Waals surface area contributed by atoms with Crippen LogP contribution >= 0.6 is 0 Å². The van der Waals surface area contributed by atoms with Gasteiger partial charge in [0.1, 0.15) is 5.82 Å². The SMILES string of the molecule is COCCCNC(=O)c1ccc(NC2CCCC2)nn1. The van der Waals surface area contributed by atoms with E-state index in [2.05, 4.69) is 20.8 Å². The predicted octanol–water partition coefficient (Wildman–Crippen LogP) is 1.60. The number of amides is 1. The third-order valence-corrected chi connectivity index (χ3v) is 3.42. The lowest BCUT2D eigenvalue weighted by Crippen LogP contribution is -2.26. The predicted molar refractivity (Wildman–Crippen MR) is 76.7 cm³/mol. The molecule has 1 aromatic heterocycles. The Kier molecular flexibility index (Phi) is 5.73. The molecule has 0 aliphatic heterocycles. The molecule has 1 amide bonds. The van der Waals surface area contributed by atoms with Crippen LogP contribution in [-0.4, -0.2) is 42.4 Å². The van der Waals surface area contributed by atoms with Gasteiger partial charge in [-0.15, -0.1) is 10.2 Å². The highest BCUT2D eigenvalue weighted by Gasteiger charge is 2.15. The second kappa shape index (κ2) is 7.79. The maximum Gasteiger partial charge on any atom is 0.271 e. The first-order valence-electron chi connectivity index (χ1n) is 7.17. The van der Waals surface area contributed by atoms with E-state index < -0.39 is 0 Å². The molecule has 0 saturated heterocycles. The molecule has 6 heteroatoms. The van der Waals surface area contributed by atoms with Crippen LogP contribution < -0.4 is 10.6 Å². The van der Waals surface area contributed by atoms with E-state index in [4.69, 9.17) is 4.74 Å². The van der Waals surface area contributed by atoms with Gasteiger partial charge in [-0.25, -0.2) is 0 Å². The number of carbonyl (C=O) groups is 1. The zero-order valence-corrected chi connectivity index (χ0v) is 11.9. The number of ether oxygens (including phenoxy) is 1. The van der Waals surface area contributed by atoms with E-state index in [0.29, 0.717) is 24.9 Å². The molecule has 1 fully saturated rings. The molecule has 0 radical (unpaired) electrons. The van der Waals surface area contributed by atoms with Gasteiger partial charge in [0, 0.05) is 26.3 Å². The topological polar surface area (TPSA) is 76.1 Å². The average Bonchev–Trinajstić information content (AvgIpc) is 2.97. The fraction of sp³-hybridized carbons (Fsp3) is 0.643. The molecule has 1 aliphatic carbocycles. The van der Waals surface area contributed by atoms with Crippen molar-refractivity contribution in [2.75, 3.05) is 25.6 Å². The summed E-state index contributed by atoms with van der Waals surface area (Å²) in [6, 6.07) is 4.02. The Morgan fingerprint density at radius 1 is 1.35 bits per heavy atom. The molecule has 1 heterocycles. The summed E-state index contributed by atoms with van der Waals surface area (Å²) in [4.78, 5) is 11.8. The highest BCUT2D eigenvalue weighted by atomic mass is 16.5. The summed E-state index contributed by atoms with van der Waals surface area (Å²) in [5.74, 6) is 0.550. The minimum absolute atomic E-state index is 0.194. The molecule has 20 heavy (non-hydrogen) atoms. The molecule has 110 valence electrons. The molecule has 2 rings (SSSR count). The van der Waals surface area contributed by atoms with Crippen LogP contribution in [-0.2, 0) is 4.74 Å². The molecule has 0 bridgehead atoms. The lowest BCUT2D eigenvalue weighted by Gasteiger charge is -2.11. The summed E-state index contributed by atoms with van der Waals surface area (Å²) in [6.45, 7) is 1.21. The van der Waals surface area contributed by atoms with Crippen LogP contribution in [0.25, 0.3) is 0 Å². The van der Waals surface area contributed by atoms with Crippen LogP contribution in [0.15, 0.2) is 12.1 Å². The number of methoxy groups -OCH3 is 1. The summed E-state index contributed by atoms with van der Waals surface area (Å²) in [5.41, 5.74) is 0.347. The average molecular weight is 278 g/mol. The van der Waals surface area contributed by atoms with Gasteiger partial charge in [-0.1, -0.05) is 12.8 Å². The minimum Gasteiger partial charge on any atom is -0.385 e. The van der Waals surface area contributed by atoms with Crippen LogP contribution in [0, 0.1) is 0 Å². The molecular weight excluding hydrogens is 256 g/mol. The molecule has 0 atom stereocenters. The van der Waals surface area contributed by atoms with Crippen molar-refractivity contribution in [3.8, 4) is 0 Å². The summed E-state index contributed by atoms with van der Waals surface area (Å²) < 4.78 is 4.92. The van der Waals surface area contributed by atoms with Crippen molar-refractivity contribution in [3.63, 3.8) is 0 Å². The number of anilines is 1. The maximum atomic E-state index is 11.8. The van der Waals surface area contributed by atoms with E-state index >= 15 is 0 Å². The Balaban J connectivity index is 1.79. The molecule has 1 saturated carbocycles. The number of hydrogen-bond acceptors (Lipinski definition) is 5. The number of nitrogens with zero attached hydrogens (tertiary/aromatic N) is 2. The first-order chi connectivity index (χ1) is 9.79. The zero-order valence-electron chi connectivity index (χ0n) is 11.9. The van der Waals surface area contributed by atoms with E-state index in [1.54, 1.807) is 13.2 Å². The second-order valence-corrected chi connectivity index (χ2v) is 5.03. The summed E-state index contributed by atoms with van der Waals surface area (Å²) in [7, 11) is 1.64. The van der Waals surface area contributed by atoms with Crippen LogP contribution in [0.1, 0.15) is 42.6 Å². The van der Waals surface area contributed by atoms with Gasteiger partial charge in [0.25, 0.3) is 5.91 Å². The van der Waals surface area contributed by atoms with Crippen molar-refractivity contribution >= 4 is 11.7 Å². The van der Waals surface area contributed by atoms with E-state index in [1.807, 2.05) is 6.07 Å². The molecule has 0 unspecified atom stereocenters. The third-order valence-electron chi connectivity index (χ3n) is 3.42. The maximum absolute atomic E-state index is 11.8. The van der Waals surface area contributed by atoms with Gasteiger partial charge >= 0.3 is 0 Å². The summed E-state index contributed by atoms with van der Waals surface area (Å²) >= 11 is 0. The molecular formula is C14H22N4O2. The van der Waals surface area contributed by atoms with Gasteiger partial charge in [-0.05, 0) is 31.4 Å². The lowest BCUT2D eigenvalue weighted by molar-refractivity contribution is 0.0942. The first kappa shape index (κ1) is 14.7. The van der Waals surface area contributed by atoms with E-state index in [1.165, 1.54) is 25.7 Å². The Hall–Kier alpha value is -1.69. The van der Waals surface area contributed by atoms with Gasteiger partial charge in [0.05, 0.1) is 0 Å². The normalized spacial score (nSPS) is 15.2. The largest absolute Gasteiger partial charge is 0.385 e. The third kappa shape index (κ3) is 4.45. The zero-order chi connectivity index (χ0) is 14.2. The minimum atomic E-state index is -0.194. The molecule has 2 N–H and O–H groups in total. The van der Waals surface area contributed by atoms with Crippen LogP contribution in [0.4, 0.5) is 5.82 Å². The van der Waals surface area contributed by atoms with Gasteiger partial charge in [0.2, 0.25) is 0 Å². The van der Waals surface area contributed by atoms with E-state index in [-0.39, 0.29) is 5.91 Å². The first-order valence-corrected chi connectivity index (χ1v) is 7.17. The van der Waals surface area contributed by atoms with Crippen molar-refractivity contribution in [1.29, 1.82) is 0 Å². The van der Waals surface area contributed by atoms with Crippen molar-refractivity contribution in [2.45, 2.75) is 38.1 Å². The second-order valence-electron chi connectivity index (χ2n) is 5.03. The number of hydrogen-bond donors (Lipinski definition) is 2. The Morgan fingerprint density at radius 3 is 2.80 bits per heavy atom. The highest BCUT2D eigenvalue weighted by molar-refractivity contribution is 5.92. The molecule has 0 aromatic carbocycles. The fourth-order valence-electron chi connectivity index (χ4n) is 2.32. The monoisotopic (exact) mass is 278 g/mol. The summed E-state index contributed by atoms with van der Waals surface area (Å²) in [5, 5.41) is 14.2. The smallest absolute Gasteiger partial charge is 0.271 e. The van der Waals surface area contributed by atoms with Gasteiger partial charge in [0.15, 0.2) is 5.69 Å².